The first-order valence-corrected chi connectivity index (χ1v) is 44.4. The molecule has 3 heterocycles. The molecular weight excluding hydrogens is 1330 g/mol. The number of rotatable bonds is 73. The molecule has 0 aromatic rings. The van der Waals surface area contributed by atoms with E-state index in [2.05, 4.69) is 19.2 Å². The van der Waals surface area contributed by atoms with E-state index in [9.17, 15) is 61.0 Å². The predicted octanol–water partition coefficient (Wildman–Crippen LogP) is 16.3. The average molecular weight is 1500 g/mol. The van der Waals surface area contributed by atoms with Crippen molar-refractivity contribution in [2.24, 2.45) is 0 Å². The maximum atomic E-state index is 13.5. The normalized spacial score (nSPS) is 25.7. The molecule has 12 N–H and O–H groups in total. The molecule has 0 spiro atoms. The number of hydrogen-bond acceptors (Lipinski definition) is 18. The van der Waals surface area contributed by atoms with Gasteiger partial charge in [-0.3, -0.25) is 4.79 Å². The van der Waals surface area contributed by atoms with Crippen molar-refractivity contribution in [1.29, 1.82) is 0 Å². The van der Waals surface area contributed by atoms with Crippen molar-refractivity contribution in [3.8, 4) is 0 Å². The fourth-order valence-electron chi connectivity index (χ4n) is 15.5. The highest BCUT2D eigenvalue weighted by atomic mass is 16.8. The van der Waals surface area contributed by atoms with Gasteiger partial charge in [-0.1, -0.05) is 386 Å². The Morgan fingerprint density at radius 2 is 0.590 bits per heavy atom. The summed E-state index contributed by atoms with van der Waals surface area (Å²) in [4.78, 5) is 13.5. The molecule has 0 bridgehead atoms. The molecule has 0 aromatic carbocycles. The fourth-order valence-corrected chi connectivity index (χ4v) is 15.5. The van der Waals surface area contributed by atoms with Crippen molar-refractivity contribution < 1.29 is 89.4 Å². The Morgan fingerprint density at radius 3 is 0.895 bits per heavy atom. The predicted molar refractivity (Wildman–Crippen MR) is 420 cm³/mol. The molecule has 1 amide bonds. The summed E-state index contributed by atoms with van der Waals surface area (Å²) in [5.74, 6) is -0.265. The molecule has 19 heteroatoms. The Kier molecular flexibility index (Phi) is 62.4. The number of aliphatic hydroxyl groups excluding tert-OH is 11. The van der Waals surface area contributed by atoms with Crippen LogP contribution in [0.3, 0.4) is 0 Å². The molecule has 0 radical (unpaired) electrons. The van der Waals surface area contributed by atoms with Gasteiger partial charge in [0.2, 0.25) is 5.91 Å². The van der Waals surface area contributed by atoms with E-state index in [0.29, 0.717) is 6.42 Å². The third kappa shape index (κ3) is 46.3. The second-order valence-electron chi connectivity index (χ2n) is 32.1. The first-order chi connectivity index (χ1) is 51.3. The lowest BCUT2D eigenvalue weighted by Gasteiger charge is -2.48. The van der Waals surface area contributed by atoms with Crippen molar-refractivity contribution in [2.45, 2.75) is 503 Å². The summed E-state index contributed by atoms with van der Waals surface area (Å²) in [5, 5.41) is 121. The van der Waals surface area contributed by atoms with Gasteiger partial charge in [-0.15, -0.1) is 0 Å². The standard InChI is InChI=1S/C86H165NO18/c1-3-5-7-9-11-13-15-17-19-21-23-25-27-29-31-33-34-35-36-38-40-42-44-46-48-50-52-54-56-58-60-62-64-74(92)87-69(70(91)63-61-59-57-55-53-51-49-47-45-43-41-39-37-32-30-28-26-24-22-20-18-16-14-12-10-8-6-4-2)68-100-84-80(98)77(95)82(72(66-89)102-84)105-86-81(99)78(96)83(73(67-90)103-86)104-85-79(97)76(94)75(93)71(65-88)101-85/h61,63,69-73,75-86,88-91,93-99H,3-60,62,64-68H2,1-2H3,(H,87,92)/b63-61+. The highest BCUT2D eigenvalue weighted by molar-refractivity contribution is 5.76. The van der Waals surface area contributed by atoms with E-state index in [1.807, 2.05) is 6.08 Å². The topological polar surface area (TPSA) is 307 Å². The SMILES string of the molecule is CCCCCCCCCCCCCCCCCCCCCCCCCCCC/C=C/C(O)C(COC1OC(CO)C(OC2OC(CO)C(OC3OC(CO)C(O)C(O)C3O)C(O)C2O)C(O)C1O)NC(=O)CCCCCCCCCCCCCCCCCCCCCCCCCCCCCCCCCC. The zero-order valence-corrected chi connectivity index (χ0v) is 67.0. The quantitative estimate of drug-likeness (QED) is 0.0199. The maximum absolute atomic E-state index is 13.5. The van der Waals surface area contributed by atoms with Gasteiger partial charge in [0, 0.05) is 6.42 Å². The van der Waals surface area contributed by atoms with Crippen LogP contribution in [0.4, 0.5) is 0 Å². The van der Waals surface area contributed by atoms with Crippen LogP contribution in [0.2, 0.25) is 0 Å². The number of ether oxygens (including phenoxy) is 6. The van der Waals surface area contributed by atoms with Crippen LogP contribution < -0.4 is 5.32 Å². The van der Waals surface area contributed by atoms with Crippen LogP contribution in [0.25, 0.3) is 0 Å². The molecule has 105 heavy (non-hydrogen) atoms. The van der Waals surface area contributed by atoms with Crippen molar-refractivity contribution in [3.63, 3.8) is 0 Å². The van der Waals surface area contributed by atoms with Gasteiger partial charge in [0.1, 0.15) is 73.2 Å². The summed E-state index contributed by atoms with van der Waals surface area (Å²) in [5.41, 5.74) is 0. The van der Waals surface area contributed by atoms with Crippen LogP contribution in [0.1, 0.15) is 399 Å². The Balaban J connectivity index is 1.33. The molecule has 3 fully saturated rings. The van der Waals surface area contributed by atoms with E-state index in [1.165, 1.54) is 327 Å². The van der Waals surface area contributed by atoms with Crippen LogP contribution in [0.15, 0.2) is 12.2 Å². The summed E-state index contributed by atoms with van der Waals surface area (Å²) < 4.78 is 34.5. The van der Waals surface area contributed by atoms with Crippen LogP contribution in [0.5, 0.6) is 0 Å². The number of carbonyl (C=O) groups excluding carboxylic acids is 1. The number of allylic oxidation sites excluding steroid dienone is 1. The zero-order chi connectivity index (χ0) is 76.0. The van der Waals surface area contributed by atoms with Crippen molar-refractivity contribution >= 4 is 5.91 Å². The molecule has 3 aliphatic rings. The summed E-state index contributed by atoms with van der Waals surface area (Å²) in [6.07, 6.45) is 55.1. The van der Waals surface area contributed by atoms with Gasteiger partial charge >= 0.3 is 0 Å². The molecular formula is C86H165NO18. The van der Waals surface area contributed by atoms with Crippen molar-refractivity contribution in [3.05, 3.63) is 12.2 Å². The Labute approximate surface area is 639 Å². The van der Waals surface area contributed by atoms with Gasteiger partial charge in [-0.25, -0.2) is 0 Å². The van der Waals surface area contributed by atoms with Gasteiger partial charge in [0.05, 0.1) is 38.6 Å². The van der Waals surface area contributed by atoms with E-state index in [0.717, 1.165) is 44.9 Å². The monoisotopic (exact) mass is 1500 g/mol. The highest BCUT2D eigenvalue weighted by Crippen LogP contribution is 2.34. The van der Waals surface area contributed by atoms with Gasteiger partial charge < -0.3 is 89.9 Å². The third-order valence-corrected chi connectivity index (χ3v) is 22.6. The van der Waals surface area contributed by atoms with Crippen molar-refractivity contribution in [1.82, 2.24) is 5.32 Å². The second kappa shape index (κ2) is 67.1. The minimum atomic E-state index is -1.98. The largest absolute Gasteiger partial charge is 0.394 e. The number of unbranched alkanes of at least 4 members (excludes halogenated alkanes) is 57. The Hall–Kier alpha value is -1.47. The number of hydrogen-bond donors (Lipinski definition) is 12. The van der Waals surface area contributed by atoms with Crippen LogP contribution in [-0.4, -0.2) is 193 Å². The lowest BCUT2D eigenvalue weighted by atomic mass is 9.96. The number of nitrogens with one attached hydrogen (secondary N) is 1. The average Bonchev–Trinajstić information content (AvgIpc) is 0.781. The molecule has 622 valence electrons. The number of aliphatic hydroxyl groups is 11. The summed E-state index contributed by atoms with van der Waals surface area (Å²) in [6.45, 7) is 1.82. The summed E-state index contributed by atoms with van der Waals surface area (Å²) in [6, 6.07) is -0.971. The molecule has 0 aromatic heterocycles. The lowest BCUT2D eigenvalue weighted by Crippen LogP contribution is -2.66. The van der Waals surface area contributed by atoms with Crippen molar-refractivity contribution in [2.75, 3.05) is 26.4 Å². The minimum Gasteiger partial charge on any atom is -0.394 e. The molecule has 3 aliphatic heterocycles. The third-order valence-electron chi connectivity index (χ3n) is 22.6. The van der Waals surface area contributed by atoms with Gasteiger partial charge in [-0.2, -0.15) is 0 Å². The number of amides is 1. The van der Waals surface area contributed by atoms with Crippen LogP contribution in [0, 0.1) is 0 Å². The van der Waals surface area contributed by atoms with E-state index in [-0.39, 0.29) is 18.9 Å². The number of carbonyl (C=O) groups is 1. The smallest absolute Gasteiger partial charge is 0.220 e. The first-order valence-electron chi connectivity index (χ1n) is 44.4. The molecule has 17 unspecified atom stereocenters. The molecule has 0 aliphatic carbocycles. The minimum absolute atomic E-state index is 0.251. The second-order valence-corrected chi connectivity index (χ2v) is 32.1. The van der Waals surface area contributed by atoms with Gasteiger partial charge in [0.25, 0.3) is 0 Å². The molecule has 0 saturated carbocycles. The fraction of sp³-hybridized carbons (Fsp3) is 0.965. The maximum Gasteiger partial charge on any atom is 0.220 e. The summed E-state index contributed by atoms with van der Waals surface area (Å²) >= 11 is 0. The van der Waals surface area contributed by atoms with E-state index >= 15 is 0 Å². The first kappa shape index (κ1) is 97.7. The molecule has 3 rings (SSSR count). The Bertz CT molecular complexity index is 1940. The summed E-state index contributed by atoms with van der Waals surface area (Å²) in [7, 11) is 0. The molecule has 3 saturated heterocycles. The van der Waals surface area contributed by atoms with Gasteiger partial charge in [0.15, 0.2) is 18.9 Å². The molecule has 17 atom stereocenters. The lowest BCUT2D eigenvalue weighted by molar-refractivity contribution is -0.379. The van der Waals surface area contributed by atoms with E-state index in [4.69, 9.17) is 28.4 Å². The highest BCUT2D eigenvalue weighted by Gasteiger charge is 2.54. The Morgan fingerprint density at radius 1 is 0.333 bits per heavy atom. The van der Waals surface area contributed by atoms with E-state index in [1.54, 1.807) is 6.08 Å². The van der Waals surface area contributed by atoms with Gasteiger partial charge in [-0.05, 0) is 19.3 Å². The van der Waals surface area contributed by atoms with E-state index < -0.39 is 124 Å². The van der Waals surface area contributed by atoms with Crippen LogP contribution >= 0.6 is 0 Å². The zero-order valence-electron chi connectivity index (χ0n) is 67.0. The van der Waals surface area contributed by atoms with Crippen LogP contribution in [-0.2, 0) is 33.2 Å². The molecule has 19 nitrogen and oxygen atoms in total.